The van der Waals surface area contributed by atoms with Crippen LogP contribution in [0.4, 0.5) is 0 Å². The third-order valence-corrected chi connectivity index (χ3v) is 5.59. The number of hydrogen-bond acceptors (Lipinski definition) is 9. The number of imidazole rings is 1. The van der Waals surface area contributed by atoms with Gasteiger partial charge in [-0.05, 0) is 60.7 Å². The Hall–Kier alpha value is -5.51. The third-order valence-electron chi connectivity index (χ3n) is 5.59. The van der Waals surface area contributed by atoms with E-state index in [1.54, 1.807) is 24.8 Å². The summed E-state index contributed by atoms with van der Waals surface area (Å²) in [7, 11) is 0. The Morgan fingerprint density at radius 1 is 0.556 bits per heavy atom. The minimum absolute atomic E-state index is 0. The van der Waals surface area contributed by atoms with Crippen LogP contribution in [0.15, 0.2) is 143 Å². The Balaban J connectivity index is 0.000000330. The van der Waals surface area contributed by atoms with Gasteiger partial charge in [-0.2, -0.15) is 5.95 Å². The van der Waals surface area contributed by atoms with Gasteiger partial charge in [0.15, 0.2) is 5.82 Å². The monoisotopic (exact) mass is 784 g/mol. The number of fused-ring (bicyclic) bond motifs is 1. The Labute approximate surface area is 270 Å². The number of nitrogens with one attached hydrogen (secondary N) is 1. The fraction of sp³-hybridized carbons (Fsp3) is 0. The van der Waals surface area contributed by atoms with Gasteiger partial charge >= 0.3 is 19.8 Å². The van der Waals surface area contributed by atoms with Gasteiger partial charge in [-0.25, -0.2) is 15.0 Å². The minimum atomic E-state index is -1.36. The van der Waals surface area contributed by atoms with Crippen LogP contribution in [-0.2, 0) is 19.8 Å². The number of hydrogen-bond donors (Lipinski definition) is 1. The first-order chi connectivity index (χ1) is 20.2. The maximum atomic E-state index is 10.8. The molecule has 0 fully saturated rings. The molecule has 14 heteroatoms. The molecule has 6 aromatic rings. The maximum absolute atomic E-state index is 10.8. The van der Waals surface area contributed by atoms with Crippen molar-refractivity contribution in [3.63, 3.8) is 0 Å². The first-order valence-electron chi connectivity index (χ1n) is 12.5. The van der Waals surface area contributed by atoms with Gasteiger partial charge in [-0.3, -0.25) is 19.9 Å². The first-order valence-corrected chi connectivity index (χ1v) is 12.5. The molecule has 0 unspecified atom stereocenters. The van der Waals surface area contributed by atoms with Gasteiger partial charge in [0.05, 0.1) is 39.5 Å². The summed E-state index contributed by atoms with van der Waals surface area (Å²) in [6.45, 7) is 0. The number of allylic oxidation sites excluding steroid dienone is 1. The number of rotatable bonds is 3. The third kappa shape index (κ3) is 10.0. The molecule has 6 heterocycles. The van der Waals surface area contributed by atoms with Crippen molar-refractivity contribution in [2.24, 2.45) is 9.98 Å². The Morgan fingerprint density at radius 3 is 1.36 bits per heavy atom. The summed E-state index contributed by atoms with van der Waals surface area (Å²) in [6, 6.07) is 30.6. The summed E-state index contributed by atoms with van der Waals surface area (Å²) in [5.74, 6) is -0.985. The van der Waals surface area contributed by atoms with Gasteiger partial charge in [-0.15, -0.1) is 0 Å². The second kappa shape index (κ2) is 18.9. The SMILES string of the molecule is O.O.O.[O-]C([O-])=C1N=CN=C1c1nc2ccccc2[nH]1.[Os+2].c1ccc(-c2ccccn2)nc1.c1ccc(-c2ccccn2)nc1. The van der Waals surface area contributed by atoms with Gasteiger partial charge in [0, 0.05) is 24.8 Å². The predicted octanol–water partition coefficient (Wildman–Crippen LogP) is 1.09. The quantitative estimate of drug-likeness (QED) is 0.256. The van der Waals surface area contributed by atoms with Crippen molar-refractivity contribution in [2.75, 3.05) is 0 Å². The van der Waals surface area contributed by atoms with Gasteiger partial charge in [0.2, 0.25) is 0 Å². The maximum Gasteiger partial charge on any atom is 2.00 e. The molecule has 1 aliphatic heterocycles. The minimum Gasteiger partial charge on any atom is -0.882 e. The second-order valence-electron chi connectivity index (χ2n) is 8.32. The van der Waals surface area contributed by atoms with Crippen LogP contribution in [-0.4, -0.2) is 58.4 Å². The van der Waals surface area contributed by atoms with Crippen molar-refractivity contribution in [1.29, 1.82) is 0 Å². The average molecular weight is 783 g/mol. The van der Waals surface area contributed by atoms with Crippen LogP contribution in [0.3, 0.4) is 0 Å². The Kier molecular flexibility index (Phi) is 15.8. The molecule has 0 radical (unpaired) electrons. The van der Waals surface area contributed by atoms with Gasteiger partial charge in [0.1, 0.15) is 12.1 Å². The van der Waals surface area contributed by atoms with E-state index >= 15 is 0 Å². The zero-order valence-electron chi connectivity index (χ0n) is 23.4. The number of H-pyrrole nitrogens is 1. The number of aliphatic imine (C=N–C) groups is 2. The van der Waals surface area contributed by atoms with E-state index in [2.05, 4.69) is 39.9 Å². The van der Waals surface area contributed by atoms with Crippen LogP contribution in [0.5, 0.6) is 0 Å². The average Bonchev–Trinajstić information content (AvgIpc) is 3.71. The van der Waals surface area contributed by atoms with E-state index in [0.717, 1.165) is 33.8 Å². The van der Waals surface area contributed by atoms with Crippen molar-refractivity contribution in [3.05, 3.63) is 139 Å². The fourth-order valence-corrected chi connectivity index (χ4v) is 3.71. The van der Waals surface area contributed by atoms with E-state index in [9.17, 15) is 10.2 Å². The number of nitrogens with zero attached hydrogens (tertiary/aromatic N) is 7. The summed E-state index contributed by atoms with van der Waals surface area (Å²) in [4.78, 5) is 31.5. The largest absolute Gasteiger partial charge is 2.00 e. The summed E-state index contributed by atoms with van der Waals surface area (Å²) < 4.78 is 0. The van der Waals surface area contributed by atoms with Crippen LogP contribution in [0.2, 0.25) is 0 Å². The van der Waals surface area contributed by atoms with Crippen molar-refractivity contribution in [2.45, 2.75) is 0 Å². The predicted molar refractivity (Wildman–Crippen MR) is 164 cm³/mol. The molecule has 7 rings (SSSR count). The Morgan fingerprint density at radius 2 is 0.978 bits per heavy atom. The molecule has 1 aliphatic rings. The van der Waals surface area contributed by atoms with Gasteiger partial charge < -0.3 is 31.6 Å². The summed E-state index contributed by atoms with van der Waals surface area (Å²) in [5.41, 5.74) is 5.21. The van der Waals surface area contributed by atoms with Crippen LogP contribution < -0.4 is 10.2 Å². The van der Waals surface area contributed by atoms with Crippen LogP contribution in [0, 0.1) is 0 Å². The van der Waals surface area contributed by atoms with Gasteiger partial charge in [0.25, 0.3) is 0 Å². The number of pyridine rings is 4. The molecule has 5 aromatic heterocycles. The summed E-state index contributed by atoms with van der Waals surface area (Å²) in [5, 5.41) is 21.6. The zero-order chi connectivity index (χ0) is 28.3. The molecule has 0 saturated carbocycles. The molecule has 0 saturated heterocycles. The smallest absolute Gasteiger partial charge is 0.882 e. The summed E-state index contributed by atoms with van der Waals surface area (Å²) >= 11 is 0. The molecular weight excluding hydrogens is 755 g/mol. The topological polar surface area (TPSA) is 246 Å². The number of aromatic amines is 1. The molecule has 13 nitrogen and oxygen atoms in total. The van der Waals surface area contributed by atoms with Crippen molar-refractivity contribution >= 4 is 23.1 Å². The second-order valence-corrected chi connectivity index (χ2v) is 8.32. The molecule has 0 bridgehead atoms. The van der Waals surface area contributed by atoms with Crippen molar-refractivity contribution in [3.8, 4) is 22.8 Å². The molecule has 230 valence electrons. The first kappa shape index (κ1) is 37.5. The summed E-state index contributed by atoms with van der Waals surface area (Å²) in [6.07, 6.45) is 8.25. The normalized spacial score (nSPS) is 10.6. The van der Waals surface area contributed by atoms with E-state index in [1.807, 2.05) is 97.1 Å². The van der Waals surface area contributed by atoms with Crippen molar-refractivity contribution < 1.29 is 46.4 Å². The number of aromatic nitrogens is 6. The molecule has 45 heavy (non-hydrogen) atoms. The van der Waals surface area contributed by atoms with E-state index in [0.29, 0.717) is 5.82 Å². The van der Waals surface area contributed by atoms with E-state index in [1.165, 1.54) is 6.34 Å². The molecule has 0 amide bonds. The molecule has 0 atom stereocenters. The molecule has 7 N–H and O–H groups in total. The van der Waals surface area contributed by atoms with E-state index in [-0.39, 0.29) is 47.6 Å². The van der Waals surface area contributed by atoms with E-state index in [4.69, 9.17) is 0 Å². The van der Waals surface area contributed by atoms with Crippen LogP contribution in [0.25, 0.3) is 33.8 Å². The zero-order valence-corrected chi connectivity index (χ0v) is 26.0. The fourth-order valence-electron chi connectivity index (χ4n) is 3.71. The number of para-hydroxylation sites is 2. The number of benzene rings is 1. The van der Waals surface area contributed by atoms with E-state index < -0.39 is 5.95 Å². The van der Waals surface area contributed by atoms with Crippen LogP contribution in [0.1, 0.15) is 5.82 Å². The molecule has 0 spiro atoms. The standard InChI is InChI=1S/C11H8N4O2.2C10H8N2.3H2O.Os/c16-11(17)9-8(12-5-13-9)10-14-6-3-1-2-4-7(6)15-10;2*1-3-7-11-9(5-1)10-6-2-4-8-12-10;;;;/h1-5,16-17H,(H,14,15);2*1-8H;3*1H2;/q;;;;;;+2/p-2. The van der Waals surface area contributed by atoms with Crippen molar-refractivity contribution in [1.82, 2.24) is 29.9 Å². The van der Waals surface area contributed by atoms with Crippen LogP contribution >= 0.6 is 0 Å². The molecule has 1 aromatic carbocycles. The Bertz CT molecular complexity index is 1620. The van der Waals surface area contributed by atoms with Gasteiger partial charge in [-0.1, -0.05) is 36.4 Å². The molecule has 0 aliphatic carbocycles. The molecular formula is C31H28N8O5Os.